The zero-order valence-corrected chi connectivity index (χ0v) is 13.3. The van der Waals surface area contributed by atoms with E-state index in [1.54, 1.807) is 0 Å². The molecular formula is C11H15NSSn. The van der Waals surface area contributed by atoms with Crippen LogP contribution in [-0.4, -0.2) is 26.1 Å². The summed E-state index contributed by atoms with van der Waals surface area (Å²) in [5, 5.41) is 0. The van der Waals surface area contributed by atoms with E-state index in [0.717, 1.165) is 0 Å². The first-order chi connectivity index (χ1) is 6.90. The average Bonchev–Trinajstić information content (AvgIpc) is 2.60. The van der Waals surface area contributed by atoms with Crippen LogP contribution in [0.4, 0.5) is 0 Å². The van der Waals surface area contributed by atoms with Gasteiger partial charge < -0.3 is 0 Å². The van der Waals surface area contributed by atoms with Gasteiger partial charge in [-0.05, 0) is 0 Å². The van der Waals surface area contributed by atoms with Crippen molar-refractivity contribution in [1.82, 2.24) is 4.98 Å². The van der Waals surface area contributed by atoms with Gasteiger partial charge in [0.1, 0.15) is 0 Å². The van der Waals surface area contributed by atoms with E-state index in [9.17, 15) is 0 Å². The number of unbranched alkanes of at least 4 members (excludes halogenated alkanes) is 1. The number of nitrogens with zero attached hydrogens (tertiary/aromatic N) is 1. The van der Waals surface area contributed by atoms with Gasteiger partial charge in [0.2, 0.25) is 0 Å². The molecule has 0 spiro atoms. The van der Waals surface area contributed by atoms with E-state index < -0.39 is 21.1 Å². The zero-order valence-electron chi connectivity index (χ0n) is 8.49. The molecule has 0 N–H and O–H groups in total. The molecule has 0 fully saturated rings. The first-order valence-corrected chi connectivity index (χ1v) is 10.9. The first-order valence-electron chi connectivity index (χ1n) is 5.24. The van der Waals surface area contributed by atoms with Crippen molar-refractivity contribution in [3.63, 3.8) is 0 Å². The number of benzene rings is 1. The van der Waals surface area contributed by atoms with Crippen LogP contribution < -0.4 is 3.02 Å². The molecule has 2 rings (SSSR count). The van der Waals surface area contributed by atoms with E-state index in [-0.39, 0.29) is 0 Å². The Morgan fingerprint density at radius 1 is 1.36 bits per heavy atom. The summed E-state index contributed by atoms with van der Waals surface area (Å²) in [6, 6.07) is 8.49. The van der Waals surface area contributed by atoms with Crippen molar-refractivity contribution in [3.8, 4) is 0 Å². The van der Waals surface area contributed by atoms with Gasteiger partial charge >= 0.3 is 99.2 Å². The average molecular weight is 312 g/mol. The van der Waals surface area contributed by atoms with E-state index in [2.05, 4.69) is 31.2 Å². The van der Waals surface area contributed by atoms with Crippen molar-refractivity contribution in [1.29, 1.82) is 0 Å². The van der Waals surface area contributed by atoms with Crippen molar-refractivity contribution in [3.05, 3.63) is 24.3 Å². The molecule has 14 heavy (non-hydrogen) atoms. The molecule has 1 aromatic heterocycles. The van der Waals surface area contributed by atoms with Crippen LogP contribution in [0.2, 0.25) is 4.44 Å². The second-order valence-corrected chi connectivity index (χ2v) is 11.5. The summed E-state index contributed by atoms with van der Waals surface area (Å²) in [7, 11) is 0. The summed E-state index contributed by atoms with van der Waals surface area (Å²) in [4.78, 5) is 4.70. The van der Waals surface area contributed by atoms with Gasteiger partial charge in [0, 0.05) is 0 Å². The minimum atomic E-state index is -0.699. The third-order valence-corrected chi connectivity index (χ3v) is 9.94. The zero-order chi connectivity index (χ0) is 9.80. The fourth-order valence-corrected chi connectivity index (χ4v) is 9.40. The van der Waals surface area contributed by atoms with Gasteiger partial charge in [0.25, 0.3) is 0 Å². The van der Waals surface area contributed by atoms with Crippen LogP contribution in [0.15, 0.2) is 24.3 Å². The van der Waals surface area contributed by atoms with Crippen molar-refractivity contribution in [2.75, 3.05) is 0 Å². The quantitative estimate of drug-likeness (QED) is 0.624. The van der Waals surface area contributed by atoms with Gasteiger partial charge in [-0.3, -0.25) is 0 Å². The Hall–Kier alpha value is -0.0913. The molecule has 0 atom stereocenters. The summed E-state index contributed by atoms with van der Waals surface area (Å²) >= 11 is 1.23. The predicted octanol–water partition coefficient (Wildman–Crippen LogP) is 2.31. The van der Waals surface area contributed by atoms with Crippen LogP contribution in [0.5, 0.6) is 0 Å². The molecule has 0 unspecified atom stereocenters. The second kappa shape index (κ2) is 5.12. The Balaban J connectivity index is 2.11. The Bertz CT molecular complexity index is 377. The molecule has 0 aliphatic heterocycles. The van der Waals surface area contributed by atoms with E-state index in [0.29, 0.717) is 0 Å². The van der Waals surface area contributed by atoms with Crippen molar-refractivity contribution in [2.45, 2.75) is 24.2 Å². The number of fused-ring (bicyclic) bond motifs is 1. The summed E-state index contributed by atoms with van der Waals surface area (Å²) in [5.41, 5.74) is 1.21. The van der Waals surface area contributed by atoms with Gasteiger partial charge in [-0.25, -0.2) is 0 Å². The third kappa shape index (κ3) is 2.48. The van der Waals surface area contributed by atoms with Crippen LogP contribution in [0.3, 0.4) is 0 Å². The number of hydrogen-bond donors (Lipinski definition) is 0. The number of para-hydroxylation sites is 1. The van der Waals surface area contributed by atoms with Gasteiger partial charge in [-0.2, -0.15) is 0 Å². The van der Waals surface area contributed by atoms with Crippen molar-refractivity contribution < 1.29 is 0 Å². The third-order valence-electron chi connectivity index (χ3n) is 2.33. The van der Waals surface area contributed by atoms with E-state index in [4.69, 9.17) is 4.98 Å². The first kappa shape index (κ1) is 10.4. The molecule has 74 valence electrons. The number of thiazole rings is 1. The molecule has 0 radical (unpaired) electrons. The molecule has 0 saturated carbocycles. The van der Waals surface area contributed by atoms with Crippen LogP contribution in [0.25, 0.3) is 10.2 Å². The Morgan fingerprint density at radius 2 is 2.21 bits per heavy atom. The monoisotopic (exact) mass is 313 g/mol. The van der Waals surface area contributed by atoms with Gasteiger partial charge in [0.05, 0.1) is 0 Å². The molecule has 2 aromatic rings. The summed E-state index contributed by atoms with van der Waals surface area (Å²) in [5.74, 6) is 0. The van der Waals surface area contributed by atoms with Crippen molar-refractivity contribution in [2.24, 2.45) is 0 Å². The molecule has 1 nitrogen and oxygen atoms in total. The molecule has 0 amide bonds. The maximum atomic E-state index is 4.70. The SMILES string of the molecule is CCC[CH2][SnH2][c]1nc2ccccc2s1. The Kier molecular flexibility index (Phi) is 3.81. The minimum absolute atomic E-state index is 0.699. The summed E-state index contributed by atoms with van der Waals surface area (Å²) in [6.07, 6.45) is 2.74. The molecule has 0 aliphatic carbocycles. The number of hydrogen-bond acceptors (Lipinski definition) is 2. The molecule has 3 heteroatoms. The maximum absolute atomic E-state index is 4.70. The van der Waals surface area contributed by atoms with Gasteiger partial charge in [-0.15, -0.1) is 0 Å². The van der Waals surface area contributed by atoms with Gasteiger partial charge in [-0.1, -0.05) is 0 Å². The van der Waals surface area contributed by atoms with Crippen LogP contribution in [-0.2, 0) is 0 Å². The Morgan fingerprint density at radius 3 is 3.00 bits per heavy atom. The van der Waals surface area contributed by atoms with Crippen molar-refractivity contribution >= 4 is 45.7 Å². The Labute approximate surface area is 98.8 Å². The van der Waals surface area contributed by atoms with E-state index in [1.165, 1.54) is 30.5 Å². The number of rotatable bonds is 4. The normalized spacial score (nSPS) is 11.8. The predicted molar refractivity (Wildman–Crippen MR) is 67.5 cm³/mol. The molecule has 0 aliphatic rings. The second-order valence-electron chi connectivity index (χ2n) is 3.53. The molecular weight excluding hydrogens is 297 g/mol. The molecule has 1 heterocycles. The van der Waals surface area contributed by atoms with Crippen LogP contribution in [0, 0.1) is 0 Å². The van der Waals surface area contributed by atoms with Gasteiger partial charge in [0.15, 0.2) is 0 Å². The fraction of sp³-hybridized carbons (Fsp3) is 0.364. The molecule has 1 aromatic carbocycles. The van der Waals surface area contributed by atoms with E-state index >= 15 is 0 Å². The summed E-state index contributed by atoms with van der Waals surface area (Å²) in [6.45, 7) is 2.27. The van der Waals surface area contributed by atoms with Crippen LogP contribution in [0.1, 0.15) is 19.8 Å². The molecule has 0 saturated heterocycles. The van der Waals surface area contributed by atoms with E-state index in [1.807, 2.05) is 11.3 Å². The topological polar surface area (TPSA) is 12.9 Å². The molecule has 0 bridgehead atoms. The number of aromatic nitrogens is 1. The van der Waals surface area contributed by atoms with Crippen LogP contribution >= 0.6 is 11.3 Å². The standard InChI is InChI=1S/C7H4NS.C4H9.Sn.2H/c1-2-4-7-6(3-1)8-5-9-7;1-3-4-2;;;/h1-4H;1,3-4H2,2H3;;;. The fourth-order valence-electron chi connectivity index (χ4n) is 1.55. The summed E-state index contributed by atoms with van der Waals surface area (Å²) < 4.78 is 4.36.